The quantitative estimate of drug-likeness (QED) is 0.154. The lowest BCUT2D eigenvalue weighted by molar-refractivity contribution is -0.138. The molecule has 234 valence electrons. The van der Waals surface area contributed by atoms with E-state index in [1.807, 2.05) is 33.8 Å². The van der Waals surface area contributed by atoms with Crippen LogP contribution in [0, 0.1) is 19.8 Å². The van der Waals surface area contributed by atoms with Gasteiger partial charge in [-0.3, -0.25) is 19.2 Å². The average Bonchev–Trinajstić information content (AvgIpc) is 3.60. The number of aliphatic carboxylic acids is 2. The molecule has 0 saturated carbocycles. The van der Waals surface area contributed by atoms with Gasteiger partial charge < -0.3 is 30.8 Å². The summed E-state index contributed by atoms with van der Waals surface area (Å²) in [7, 11) is 0. The molecule has 0 aromatic carbocycles. The van der Waals surface area contributed by atoms with Gasteiger partial charge in [-0.2, -0.15) is 12.6 Å². The second-order valence-corrected chi connectivity index (χ2v) is 11.8. The van der Waals surface area contributed by atoms with Crippen molar-refractivity contribution >= 4 is 42.5 Å². The molecule has 2 amide bonds. The second kappa shape index (κ2) is 13.6. The van der Waals surface area contributed by atoms with Crippen LogP contribution in [0.5, 0.6) is 0 Å². The molecule has 2 aromatic heterocycles. The van der Waals surface area contributed by atoms with E-state index in [2.05, 4.69) is 39.8 Å². The van der Waals surface area contributed by atoms with E-state index in [9.17, 15) is 29.4 Å². The van der Waals surface area contributed by atoms with Gasteiger partial charge in [-0.15, -0.1) is 0 Å². The van der Waals surface area contributed by atoms with Crippen molar-refractivity contribution < 1.29 is 29.4 Å². The molecule has 4 heterocycles. The van der Waals surface area contributed by atoms with Gasteiger partial charge in [0.2, 0.25) is 5.91 Å². The summed E-state index contributed by atoms with van der Waals surface area (Å²) in [6.45, 7) is 11.3. The summed E-state index contributed by atoms with van der Waals surface area (Å²) in [5.41, 5.74) is 10.7. The van der Waals surface area contributed by atoms with Crippen LogP contribution in [-0.4, -0.2) is 49.7 Å². The minimum absolute atomic E-state index is 0.0392. The highest BCUT2D eigenvalue weighted by Gasteiger charge is 2.30. The molecule has 11 heteroatoms. The topological polar surface area (TPSA) is 164 Å². The maximum absolute atomic E-state index is 12.5. The normalized spacial score (nSPS) is 17.6. The Hall–Kier alpha value is -4.25. The Bertz CT molecular complexity index is 1640. The first-order chi connectivity index (χ1) is 20.9. The number of carboxylic acids is 2. The summed E-state index contributed by atoms with van der Waals surface area (Å²) in [5.74, 6) is -1.68. The maximum Gasteiger partial charge on any atom is 0.303 e. The number of amides is 2. The highest BCUT2D eigenvalue weighted by Crippen LogP contribution is 2.32. The van der Waals surface area contributed by atoms with Crippen molar-refractivity contribution in [2.75, 3.05) is 5.75 Å². The zero-order valence-corrected chi connectivity index (χ0v) is 26.5. The molecule has 44 heavy (non-hydrogen) atoms. The minimum atomic E-state index is -0.910. The summed E-state index contributed by atoms with van der Waals surface area (Å²) in [6, 6.07) is 0. The number of thiol groups is 1. The van der Waals surface area contributed by atoms with Gasteiger partial charge >= 0.3 is 11.9 Å². The van der Waals surface area contributed by atoms with Crippen LogP contribution in [0.4, 0.5) is 0 Å². The Morgan fingerprint density at radius 2 is 1.50 bits per heavy atom. The smallest absolute Gasteiger partial charge is 0.303 e. The molecular formula is C33H40N4O6S. The SMILES string of the molecule is C=CC1=C(C)/C(=C/c2[nH]c(Cc3[nH]c(CC4=C(CCS)[C@H](C)C(=O)N4)c(C)c3CCC(=O)O)c(CCC(=O)O)c2C)NC1=O. The number of allylic oxidation sites excluding steroid dienone is 2. The molecule has 0 unspecified atom stereocenters. The molecule has 0 fully saturated rings. The molecule has 2 aliphatic heterocycles. The molecule has 2 aliphatic rings. The van der Waals surface area contributed by atoms with Crippen LogP contribution >= 0.6 is 12.6 Å². The van der Waals surface area contributed by atoms with Gasteiger partial charge in [-0.25, -0.2) is 0 Å². The molecule has 2 aromatic rings. The van der Waals surface area contributed by atoms with E-state index in [0.29, 0.717) is 49.1 Å². The molecule has 0 spiro atoms. The predicted octanol–water partition coefficient (Wildman–Crippen LogP) is 4.44. The Kier molecular flexibility index (Phi) is 10.1. The predicted molar refractivity (Wildman–Crippen MR) is 171 cm³/mol. The van der Waals surface area contributed by atoms with Crippen molar-refractivity contribution in [2.24, 2.45) is 5.92 Å². The van der Waals surface area contributed by atoms with Crippen LogP contribution in [0.1, 0.15) is 78.1 Å². The fraction of sp³-hybridized carbons (Fsp3) is 0.394. The zero-order chi connectivity index (χ0) is 32.3. The lowest BCUT2D eigenvalue weighted by Crippen LogP contribution is -2.20. The number of carbonyl (C=O) groups excluding carboxylic acids is 2. The number of hydrogen-bond acceptors (Lipinski definition) is 5. The Morgan fingerprint density at radius 1 is 0.886 bits per heavy atom. The number of carboxylic acid groups (broad SMARTS) is 2. The number of rotatable bonds is 14. The van der Waals surface area contributed by atoms with Gasteiger partial charge in [0, 0.05) is 65.4 Å². The molecule has 10 nitrogen and oxygen atoms in total. The summed E-state index contributed by atoms with van der Waals surface area (Å²) < 4.78 is 0. The van der Waals surface area contributed by atoms with E-state index in [1.54, 1.807) is 0 Å². The average molecular weight is 621 g/mol. The molecular weight excluding hydrogens is 580 g/mol. The largest absolute Gasteiger partial charge is 0.481 e. The summed E-state index contributed by atoms with van der Waals surface area (Å²) in [5, 5.41) is 24.8. The third-order valence-corrected chi connectivity index (χ3v) is 8.94. The summed E-state index contributed by atoms with van der Waals surface area (Å²) in [6.07, 6.45) is 5.44. The first-order valence-corrected chi connectivity index (χ1v) is 15.3. The lowest BCUT2D eigenvalue weighted by Gasteiger charge is -2.08. The number of carbonyl (C=O) groups is 4. The third-order valence-electron chi connectivity index (χ3n) is 8.72. The van der Waals surface area contributed by atoms with E-state index in [1.165, 1.54) is 6.08 Å². The molecule has 0 radical (unpaired) electrons. The van der Waals surface area contributed by atoms with Crippen LogP contribution in [0.2, 0.25) is 0 Å². The van der Waals surface area contributed by atoms with Crippen LogP contribution in [0.3, 0.4) is 0 Å². The number of hydrogen-bond donors (Lipinski definition) is 7. The Morgan fingerprint density at radius 3 is 2.07 bits per heavy atom. The molecule has 0 aliphatic carbocycles. The van der Waals surface area contributed by atoms with Gasteiger partial charge in [0.05, 0.1) is 5.92 Å². The van der Waals surface area contributed by atoms with E-state index in [4.69, 9.17) is 0 Å². The van der Waals surface area contributed by atoms with Crippen molar-refractivity contribution in [3.63, 3.8) is 0 Å². The van der Waals surface area contributed by atoms with Gasteiger partial charge in [-0.1, -0.05) is 12.7 Å². The number of H-pyrrole nitrogens is 2. The molecule has 4 rings (SSSR count). The van der Waals surface area contributed by atoms with Crippen molar-refractivity contribution in [2.45, 2.75) is 72.6 Å². The summed E-state index contributed by atoms with van der Waals surface area (Å²) >= 11 is 4.37. The van der Waals surface area contributed by atoms with Gasteiger partial charge in [-0.05, 0) is 92.2 Å². The first-order valence-electron chi connectivity index (χ1n) is 14.7. The van der Waals surface area contributed by atoms with E-state index in [-0.39, 0.29) is 30.6 Å². The highest BCUT2D eigenvalue weighted by molar-refractivity contribution is 7.80. The van der Waals surface area contributed by atoms with E-state index >= 15 is 0 Å². The summed E-state index contributed by atoms with van der Waals surface area (Å²) in [4.78, 5) is 54.9. The van der Waals surface area contributed by atoms with Gasteiger partial charge in [0.25, 0.3) is 5.91 Å². The molecule has 0 bridgehead atoms. The lowest BCUT2D eigenvalue weighted by atomic mass is 9.96. The van der Waals surface area contributed by atoms with Crippen LogP contribution in [0.25, 0.3) is 6.08 Å². The fourth-order valence-corrected chi connectivity index (χ4v) is 6.37. The first kappa shape index (κ1) is 32.7. The highest BCUT2D eigenvalue weighted by atomic mass is 32.1. The number of nitrogens with one attached hydrogen (secondary N) is 4. The molecule has 0 saturated heterocycles. The Labute approximate surface area is 262 Å². The van der Waals surface area contributed by atoms with Crippen molar-refractivity contribution in [3.05, 3.63) is 85.8 Å². The van der Waals surface area contributed by atoms with E-state index < -0.39 is 11.9 Å². The van der Waals surface area contributed by atoms with Crippen LogP contribution < -0.4 is 10.6 Å². The van der Waals surface area contributed by atoms with Crippen LogP contribution in [0.15, 0.2) is 40.8 Å². The van der Waals surface area contributed by atoms with Gasteiger partial charge in [0.15, 0.2) is 0 Å². The van der Waals surface area contributed by atoms with Gasteiger partial charge in [0.1, 0.15) is 0 Å². The minimum Gasteiger partial charge on any atom is -0.481 e. The zero-order valence-electron chi connectivity index (χ0n) is 25.6. The second-order valence-electron chi connectivity index (χ2n) is 11.4. The number of aromatic nitrogens is 2. The standard InChI is InChI=1S/C33H40N4O6S/c1-6-20-16(2)26(36-33(20)43)13-24-17(3)21(7-9-30(38)39)27(34-24)15-28-22(8-10-31(40)41)18(4)25(35-28)14-29-23(11-12-44)19(5)32(42)37-29/h6,13,19,34-35,44H,1,7-12,14-15H2,2-5H3,(H,36,43)(H,37,42)(H,38,39)(H,40,41)/b26-13-/t19-/m0/s1. The molecule has 6 N–H and O–H groups in total. The van der Waals surface area contributed by atoms with E-state index in [0.717, 1.165) is 61.9 Å². The monoisotopic (exact) mass is 620 g/mol. The third kappa shape index (κ3) is 6.77. The maximum atomic E-state index is 12.5. The van der Waals surface area contributed by atoms with Crippen LogP contribution in [-0.2, 0) is 44.9 Å². The van der Waals surface area contributed by atoms with Crippen molar-refractivity contribution in [1.29, 1.82) is 0 Å². The number of aromatic amines is 2. The van der Waals surface area contributed by atoms with Crippen molar-refractivity contribution in [1.82, 2.24) is 20.6 Å². The Balaban J connectivity index is 1.77. The fourth-order valence-electron chi connectivity index (χ4n) is 6.13. The molecule has 1 atom stereocenters. The van der Waals surface area contributed by atoms with Crippen molar-refractivity contribution in [3.8, 4) is 0 Å².